The van der Waals surface area contributed by atoms with Crippen molar-refractivity contribution in [3.63, 3.8) is 0 Å². The molecule has 1 aliphatic rings. The van der Waals surface area contributed by atoms with Crippen LogP contribution in [0.2, 0.25) is 0 Å². The van der Waals surface area contributed by atoms with Crippen LogP contribution in [0.15, 0.2) is 53.2 Å². The Morgan fingerprint density at radius 2 is 2.06 bits per heavy atom. The van der Waals surface area contributed by atoms with Gasteiger partial charge in [-0.3, -0.25) is 4.79 Å². The highest BCUT2D eigenvalue weighted by atomic mass is 16.5. The standard InChI is InChI=1S/C16H15N7O2.C9H12O2/c1-8-20-15(25-23-8)12-7-19-16(22-13(12)17)21-10-2-3-11-9(6-10)4-5-18-14(11)24;1-11-9-4-2-3-8(7-9)5-6-10/h2-3,6-7H,4-5H2,1H3,(H,18,24)(H3,17,19,21,22);2-4,7,10H,5-6H2,1H3. The van der Waals surface area contributed by atoms with Crippen LogP contribution in [0.5, 0.6) is 5.75 Å². The molecule has 2 aromatic heterocycles. The van der Waals surface area contributed by atoms with Crippen molar-refractivity contribution < 1.29 is 19.2 Å². The normalized spacial score (nSPS) is 12.1. The van der Waals surface area contributed by atoms with E-state index in [0.29, 0.717) is 35.9 Å². The average molecular weight is 490 g/mol. The summed E-state index contributed by atoms with van der Waals surface area (Å²) < 4.78 is 10.1. The SMILES string of the molecule is COc1cccc(CCO)c1.Cc1noc(-c2cnc(Nc3ccc4c(c3)CCNC4=O)nc2N)n1. The fraction of sp³-hybridized carbons (Fsp3) is 0.240. The van der Waals surface area contributed by atoms with Crippen molar-refractivity contribution in [3.05, 3.63) is 71.2 Å². The van der Waals surface area contributed by atoms with Crippen molar-refractivity contribution in [1.29, 1.82) is 0 Å². The highest BCUT2D eigenvalue weighted by Crippen LogP contribution is 2.25. The molecule has 0 fully saturated rings. The first-order valence-corrected chi connectivity index (χ1v) is 11.3. The van der Waals surface area contributed by atoms with E-state index in [1.165, 1.54) is 6.20 Å². The molecule has 3 heterocycles. The molecule has 4 aromatic rings. The van der Waals surface area contributed by atoms with E-state index in [1.807, 2.05) is 30.3 Å². The van der Waals surface area contributed by atoms with Crippen LogP contribution in [0.3, 0.4) is 0 Å². The molecular formula is C25H27N7O4. The number of nitrogens with zero attached hydrogens (tertiary/aromatic N) is 4. The Hall–Kier alpha value is -4.51. The zero-order chi connectivity index (χ0) is 25.5. The van der Waals surface area contributed by atoms with Crippen LogP contribution >= 0.6 is 0 Å². The van der Waals surface area contributed by atoms with Gasteiger partial charge < -0.3 is 30.7 Å². The lowest BCUT2D eigenvalue weighted by Crippen LogP contribution is -2.31. The molecule has 0 aliphatic carbocycles. The number of aromatic nitrogens is 4. The third-order valence-corrected chi connectivity index (χ3v) is 5.40. The lowest BCUT2D eigenvalue weighted by atomic mass is 10.00. The molecule has 0 radical (unpaired) electrons. The summed E-state index contributed by atoms with van der Waals surface area (Å²) in [5.74, 6) is 2.16. The highest BCUT2D eigenvalue weighted by Gasteiger charge is 2.17. The summed E-state index contributed by atoms with van der Waals surface area (Å²) in [5, 5.41) is 18.3. The number of methoxy groups -OCH3 is 1. The number of anilines is 3. The van der Waals surface area contributed by atoms with Gasteiger partial charge in [0.05, 0.1) is 7.11 Å². The molecule has 11 nitrogen and oxygen atoms in total. The number of fused-ring (bicyclic) bond motifs is 1. The first kappa shape index (κ1) is 24.6. The number of carbonyl (C=O) groups excluding carboxylic acids is 1. The topological polar surface area (TPSA) is 161 Å². The minimum atomic E-state index is -0.0486. The summed E-state index contributed by atoms with van der Waals surface area (Å²) in [6, 6.07) is 13.2. The predicted octanol–water partition coefficient (Wildman–Crippen LogP) is 2.68. The molecule has 0 atom stereocenters. The molecule has 1 amide bonds. The summed E-state index contributed by atoms with van der Waals surface area (Å²) in [5.41, 5.74) is 10.0. The number of hydrogen-bond donors (Lipinski definition) is 4. The lowest BCUT2D eigenvalue weighted by Gasteiger charge is -2.17. The second kappa shape index (κ2) is 11.3. The minimum Gasteiger partial charge on any atom is -0.497 e. The molecule has 0 bridgehead atoms. The summed E-state index contributed by atoms with van der Waals surface area (Å²) in [7, 11) is 1.64. The maximum absolute atomic E-state index is 11.8. The van der Waals surface area contributed by atoms with E-state index in [0.717, 1.165) is 29.0 Å². The van der Waals surface area contributed by atoms with Crippen molar-refractivity contribution in [1.82, 2.24) is 25.4 Å². The number of carbonyl (C=O) groups is 1. The van der Waals surface area contributed by atoms with Crippen LogP contribution in [-0.2, 0) is 12.8 Å². The van der Waals surface area contributed by atoms with Gasteiger partial charge in [-0.1, -0.05) is 17.3 Å². The highest BCUT2D eigenvalue weighted by molar-refractivity contribution is 5.97. The van der Waals surface area contributed by atoms with Crippen LogP contribution in [0.25, 0.3) is 11.5 Å². The number of hydrogen-bond acceptors (Lipinski definition) is 10. The molecule has 1 aliphatic heterocycles. The smallest absolute Gasteiger partial charge is 0.263 e. The molecule has 2 aromatic carbocycles. The number of aliphatic hydroxyl groups is 1. The molecule has 0 saturated carbocycles. The predicted molar refractivity (Wildman–Crippen MR) is 134 cm³/mol. The molecular weight excluding hydrogens is 462 g/mol. The van der Waals surface area contributed by atoms with Crippen LogP contribution in [-0.4, -0.2) is 51.4 Å². The van der Waals surface area contributed by atoms with Gasteiger partial charge in [0.15, 0.2) is 5.82 Å². The second-order valence-corrected chi connectivity index (χ2v) is 7.97. The zero-order valence-electron chi connectivity index (χ0n) is 20.0. The minimum absolute atomic E-state index is 0.0486. The van der Waals surface area contributed by atoms with Crippen LogP contribution in [0, 0.1) is 6.92 Å². The fourth-order valence-electron chi connectivity index (χ4n) is 3.62. The molecule has 11 heteroatoms. The van der Waals surface area contributed by atoms with Gasteiger partial charge in [0, 0.05) is 30.6 Å². The Balaban J connectivity index is 0.000000233. The Labute approximate surface area is 207 Å². The lowest BCUT2D eigenvalue weighted by molar-refractivity contribution is 0.0946. The average Bonchev–Trinajstić information content (AvgIpc) is 3.31. The Morgan fingerprint density at radius 3 is 2.78 bits per heavy atom. The number of nitrogens with one attached hydrogen (secondary N) is 2. The van der Waals surface area contributed by atoms with Gasteiger partial charge in [0.25, 0.3) is 11.8 Å². The molecule has 0 spiro atoms. The van der Waals surface area contributed by atoms with E-state index in [4.69, 9.17) is 20.1 Å². The van der Waals surface area contributed by atoms with Crippen molar-refractivity contribution in [2.75, 3.05) is 31.3 Å². The Bertz CT molecular complexity index is 1360. The molecule has 0 unspecified atom stereocenters. The van der Waals surface area contributed by atoms with Gasteiger partial charge >= 0.3 is 0 Å². The number of nitrogens with two attached hydrogens (primary N) is 1. The number of benzene rings is 2. The molecule has 36 heavy (non-hydrogen) atoms. The Kier molecular flexibility index (Phi) is 7.71. The van der Waals surface area contributed by atoms with Crippen LogP contribution < -0.4 is 21.1 Å². The van der Waals surface area contributed by atoms with Gasteiger partial charge in [0.2, 0.25) is 5.95 Å². The Morgan fingerprint density at radius 1 is 1.19 bits per heavy atom. The number of nitrogen functional groups attached to an aromatic ring is 1. The van der Waals surface area contributed by atoms with Gasteiger partial charge in [-0.05, 0) is 61.2 Å². The summed E-state index contributed by atoms with van der Waals surface area (Å²) >= 11 is 0. The van der Waals surface area contributed by atoms with E-state index in [2.05, 4.69) is 30.7 Å². The van der Waals surface area contributed by atoms with E-state index in [9.17, 15) is 4.79 Å². The van der Waals surface area contributed by atoms with Crippen molar-refractivity contribution in [2.24, 2.45) is 0 Å². The molecule has 186 valence electrons. The van der Waals surface area contributed by atoms with Crippen LogP contribution in [0.1, 0.15) is 27.3 Å². The van der Waals surface area contributed by atoms with Crippen molar-refractivity contribution in [2.45, 2.75) is 19.8 Å². The second-order valence-electron chi connectivity index (χ2n) is 7.97. The summed E-state index contributed by atoms with van der Waals surface area (Å²) in [4.78, 5) is 24.4. The van der Waals surface area contributed by atoms with Gasteiger partial charge in [-0.2, -0.15) is 9.97 Å². The monoisotopic (exact) mass is 489 g/mol. The van der Waals surface area contributed by atoms with Crippen molar-refractivity contribution >= 4 is 23.4 Å². The molecule has 5 rings (SSSR count). The van der Waals surface area contributed by atoms with E-state index >= 15 is 0 Å². The van der Waals surface area contributed by atoms with Gasteiger partial charge in [-0.15, -0.1) is 0 Å². The fourth-order valence-corrected chi connectivity index (χ4v) is 3.62. The maximum Gasteiger partial charge on any atom is 0.263 e. The van der Waals surface area contributed by atoms with Gasteiger partial charge in [-0.25, -0.2) is 4.98 Å². The quantitative estimate of drug-likeness (QED) is 0.317. The molecule has 5 N–H and O–H groups in total. The van der Waals surface area contributed by atoms with E-state index in [1.54, 1.807) is 26.2 Å². The van der Waals surface area contributed by atoms with Crippen LogP contribution in [0.4, 0.5) is 17.5 Å². The number of rotatable bonds is 6. The molecule has 0 saturated heterocycles. The van der Waals surface area contributed by atoms with E-state index < -0.39 is 0 Å². The third-order valence-electron chi connectivity index (χ3n) is 5.40. The first-order chi connectivity index (χ1) is 17.5. The maximum atomic E-state index is 11.8. The summed E-state index contributed by atoms with van der Waals surface area (Å²) in [6.07, 6.45) is 3.01. The van der Waals surface area contributed by atoms with Gasteiger partial charge in [0.1, 0.15) is 17.1 Å². The number of amides is 1. The largest absolute Gasteiger partial charge is 0.497 e. The zero-order valence-corrected chi connectivity index (χ0v) is 20.0. The number of aryl methyl sites for hydroxylation is 1. The van der Waals surface area contributed by atoms with Crippen molar-refractivity contribution in [3.8, 4) is 17.2 Å². The number of aliphatic hydroxyl groups excluding tert-OH is 1. The number of ether oxygens (including phenoxy) is 1. The first-order valence-electron chi connectivity index (χ1n) is 11.3. The third kappa shape index (κ3) is 5.94. The summed E-state index contributed by atoms with van der Waals surface area (Å²) in [6.45, 7) is 2.54. The van der Waals surface area contributed by atoms with E-state index in [-0.39, 0.29) is 24.2 Å².